The molecular weight excluding hydrogens is 382 g/mol. The molecule has 0 aliphatic heterocycles. The van der Waals surface area contributed by atoms with Crippen LogP contribution in [0.2, 0.25) is 0 Å². The molecule has 0 unspecified atom stereocenters. The number of rotatable bonds is 7. The molecule has 0 bridgehead atoms. The van der Waals surface area contributed by atoms with Gasteiger partial charge in [0, 0.05) is 17.2 Å². The minimum Gasteiger partial charge on any atom is -0.495 e. The summed E-state index contributed by atoms with van der Waals surface area (Å²) in [6.07, 6.45) is 2.22. The van der Waals surface area contributed by atoms with E-state index in [2.05, 4.69) is 26.6 Å². The van der Waals surface area contributed by atoms with Gasteiger partial charge in [-0.2, -0.15) is 5.26 Å². The second-order valence-electron chi connectivity index (χ2n) is 5.15. The number of carbonyl (C=O) groups excluding carboxylic acids is 1. The molecule has 25 heavy (non-hydrogen) atoms. The van der Waals surface area contributed by atoms with Crippen LogP contribution in [0.25, 0.3) is 0 Å². The first-order valence-corrected chi connectivity index (χ1v) is 8.46. The number of nitrogens with zero attached hydrogens (tertiary/aromatic N) is 1. The van der Waals surface area contributed by atoms with Crippen molar-refractivity contribution in [3.8, 4) is 11.8 Å². The van der Waals surface area contributed by atoms with Crippen molar-refractivity contribution in [2.24, 2.45) is 0 Å². The van der Waals surface area contributed by atoms with Crippen molar-refractivity contribution < 1.29 is 9.53 Å². The Balaban J connectivity index is 1.91. The second-order valence-corrected chi connectivity index (χ2v) is 6.07. The van der Waals surface area contributed by atoms with Gasteiger partial charge in [0.25, 0.3) is 5.91 Å². The van der Waals surface area contributed by atoms with Crippen molar-refractivity contribution in [3.05, 3.63) is 70.3 Å². The Morgan fingerprint density at radius 3 is 2.64 bits per heavy atom. The summed E-state index contributed by atoms with van der Waals surface area (Å²) in [5.41, 5.74) is 1.69. The van der Waals surface area contributed by atoms with Crippen molar-refractivity contribution >= 4 is 27.5 Å². The highest BCUT2D eigenvalue weighted by atomic mass is 79.9. The molecule has 6 heteroatoms. The molecule has 0 aliphatic carbocycles. The maximum absolute atomic E-state index is 12.2. The third-order valence-corrected chi connectivity index (χ3v) is 3.97. The van der Waals surface area contributed by atoms with Gasteiger partial charge in [-0.3, -0.25) is 4.79 Å². The van der Waals surface area contributed by atoms with E-state index >= 15 is 0 Å². The van der Waals surface area contributed by atoms with Crippen LogP contribution in [0.5, 0.6) is 5.75 Å². The Kier molecular flexibility index (Phi) is 7.05. The van der Waals surface area contributed by atoms with Crippen LogP contribution in [0.4, 0.5) is 5.69 Å². The van der Waals surface area contributed by atoms with Crippen LogP contribution >= 0.6 is 15.9 Å². The van der Waals surface area contributed by atoms with Crippen LogP contribution in [0, 0.1) is 11.3 Å². The number of hydrogen-bond donors (Lipinski definition) is 2. The van der Waals surface area contributed by atoms with Gasteiger partial charge in [0.1, 0.15) is 17.4 Å². The van der Waals surface area contributed by atoms with Gasteiger partial charge in [0.2, 0.25) is 0 Å². The highest BCUT2D eigenvalue weighted by Gasteiger charge is 2.11. The molecule has 1 amide bonds. The van der Waals surface area contributed by atoms with Crippen LogP contribution in [-0.2, 0) is 11.2 Å². The van der Waals surface area contributed by atoms with Gasteiger partial charge in [0.05, 0.1) is 12.8 Å². The number of nitriles is 1. The number of halogens is 1. The Morgan fingerprint density at radius 2 is 1.96 bits per heavy atom. The molecule has 0 aliphatic rings. The molecule has 128 valence electrons. The largest absolute Gasteiger partial charge is 0.495 e. The summed E-state index contributed by atoms with van der Waals surface area (Å²) in [4.78, 5) is 12.2. The molecule has 0 heterocycles. The first-order chi connectivity index (χ1) is 12.1. The third-order valence-electron chi connectivity index (χ3n) is 3.44. The van der Waals surface area contributed by atoms with Gasteiger partial charge in [-0.05, 0) is 36.2 Å². The Morgan fingerprint density at radius 1 is 1.24 bits per heavy atom. The Labute approximate surface area is 155 Å². The van der Waals surface area contributed by atoms with E-state index in [1.807, 2.05) is 30.3 Å². The summed E-state index contributed by atoms with van der Waals surface area (Å²) in [5, 5.41) is 14.9. The van der Waals surface area contributed by atoms with Gasteiger partial charge >= 0.3 is 0 Å². The van der Waals surface area contributed by atoms with E-state index in [0.717, 1.165) is 10.9 Å². The quantitative estimate of drug-likeness (QED) is 0.423. The van der Waals surface area contributed by atoms with E-state index in [4.69, 9.17) is 4.74 Å². The monoisotopic (exact) mass is 399 g/mol. The van der Waals surface area contributed by atoms with Gasteiger partial charge < -0.3 is 15.4 Å². The molecule has 0 fully saturated rings. The predicted octanol–water partition coefficient (Wildman–Crippen LogP) is 3.64. The smallest absolute Gasteiger partial charge is 0.267 e. The van der Waals surface area contributed by atoms with Gasteiger partial charge in [-0.25, -0.2) is 0 Å². The van der Waals surface area contributed by atoms with E-state index in [1.54, 1.807) is 24.3 Å². The zero-order valence-electron chi connectivity index (χ0n) is 13.8. The zero-order chi connectivity index (χ0) is 18.1. The number of ether oxygens (including phenoxy) is 1. The fraction of sp³-hybridized carbons (Fsp3) is 0.158. The van der Waals surface area contributed by atoms with Crippen molar-refractivity contribution in [3.63, 3.8) is 0 Å². The Bertz CT molecular complexity index is 795. The maximum Gasteiger partial charge on any atom is 0.267 e. The third kappa shape index (κ3) is 5.66. The number of para-hydroxylation sites is 2. The number of hydrogen-bond acceptors (Lipinski definition) is 4. The standard InChI is InChI=1S/C19H18BrN3O2/c1-25-18-5-3-2-4-17(18)23-19(24)15(12-21)13-22-11-10-14-6-8-16(20)9-7-14/h2-9,13,22H,10-11H2,1H3,(H,23,24)/b15-13-. The van der Waals surface area contributed by atoms with E-state index in [1.165, 1.54) is 18.9 Å². The van der Waals surface area contributed by atoms with E-state index < -0.39 is 5.91 Å². The van der Waals surface area contributed by atoms with Crippen molar-refractivity contribution in [1.29, 1.82) is 5.26 Å². The van der Waals surface area contributed by atoms with Crippen molar-refractivity contribution in [1.82, 2.24) is 5.32 Å². The summed E-state index contributed by atoms with van der Waals surface area (Å²) >= 11 is 3.39. The fourth-order valence-electron chi connectivity index (χ4n) is 2.13. The molecule has 0 saturated carbocycles. The highest BCUT2D eigenvalue weighted by molar-refractivity contribution is 9.10. The Hall–Kier alpha value is -2.78. The molecule has 2 N–H and O–H groups in total. The lowest BCUT2D eigenvalue weighted by Gasteiger charge is -2.09. The molecule has 2 aromatic carbocycles. The maximum atomic E-state index is 12.2. The highest BCUT2D eigenvalue weighted by Crippen LogP contribution is 2.23. The molecule has 2 rings (SSSR count). The number of benzene rings is 2. The lowest BCUT2D eigenvalue weighted by molar-refractivity contribution is -0.112. The minimum absolute atomic E-state index is 0.00159. The molecular formula is C19H18BrN3O2. The van der Waals surface area contributed by atoms with Gasteiger partial charge in [-0.1, -0.05) is 40.2 Å². The van der Waals surface area contributed by atoms with Gasteiger partial charge in [-0.15, -0.1) is 0 Å². The summed E-state index contributed by atoms with van der Waals surface area (Å²) in [7, 11) is 1.52. The normalized spacial score (nSPS) is 10.7. The average molecular weight is 400 g/mol. The topological polar surface area (TPSA) is 74.1 Å². The predicted molar refractivity (Wildman–Crippen MR) is 101 cm³/mol. The molecule has 2 aromatic rings. The molecule has 0 radical (unpaired) electrons. The average Bonchev–Trinajstić information content (AvgIpc) is 2.63. The lowest BCUT2D eigenvalue weighted by atomic mass is 10.1. The molecule has 5 nitrogen and oxygen atoms in total. The minimum atomic E-state index is -0.483. The van der Waals surface area contributed by atoms with Crippen LogP contribution in [0.15, 0.2) is 64.8 Å². The molecule has 0 spiro atoms. The van der Waals surface area contributed by atoms with Crippen molar-refractivity contribution in [2.45, 2.75) is 6.42 Å². The first-order valence-electron chi connectivity index (χ1n) is 7.66. The first kappa shape index (κ1) is 18.6. The van der Waals surface area contributed by atoms with Gasteiger partial charge in [0.15, 0.2) is 0 Å². The molecule has 0 saturated heterocycles. The zero-order valence-corrected chi connectivity index (χ0v) is 15.3. The number of methoxy groups -OCH3 is 1. The van der Waals surface area contributed by atoms with Crippen LogP contribution in [-0.4, -0.2) is 19.6 Å². The lowest BCUT2D eigenvalue weighted by Crippen LogP contribution is -2.18. The summed E-state index contributed by atoms with van der Waals surface area (Å²) in [5.74, 6) is 0.0551. The SMILES string of the molecule is COc1ccccc1NC(=O)/C(C#N)=C\NCCc1ccc(Br)cc1. The number of carbonyl (C=O) groups is 1. The summed E-state index contributed by atoms with van der Waals surface area (Å²) in [6, 6.07) is 16.9. The second kappa shape index (κ2) is 9.50. The number of anilines is 1. The van der Waals surface area contributed by atoms with Crippen LogP contribution in [0.1, 0.15) is 5.56 Å². The number of amides is 1. The van der Waals surface area contributed by atoms with Crippen molar-refractivity contribution in [2.75, 3.05) is 19.0 Å². The van der Waals surface area contributed by atoms with E-state index in [-0.39, 0.29) is 5.57 Å². The van der Waals surface area contributed by atoms with Crippen LogP contribution < -0.4 is 15.4 Å². The van der Waals surface area contributed by atoms with Crippen LogP contribution in [0.3, 0.4) is 0 Å². The number of nitrogens with one attached hydrogen (secondary N) is 2. The molecule has 0 aromatic heterocycles. The fourth-order valence-corrected chi connectivity index (χ4v) is 2.39. The molecule has 0 atom stereocenters. The summed E-state index contributed by atoms with van der Waals surface area (Å²) < 4.78 is 6.21. The summed E-state index contributed by atoms with van der Waals surface area (Å²) in [6.45, 7) is 0.620. The van der Waals surface area contributed by atoms with E-state index in [9.17, 15) is 10.1 Å². The van der Waals surface area contributed by atoms with E-state index in [0.29, 0.717) is 18.0 Å².